The van der Waals surface area contributed by atoms with Gasteiger partial charge in [0.05, 0.1) is 0 Å². The Morgan fingerprint density at radius 2 is 1.74 bits per heavy atom. The second kappa shape index (κ2) is 4.58. The number of halogens is 4. The highest BCUT2D eigenvalue weighted by Gasteiger charge is 2.58. The maximum Gasteiger partial charge on any atom is 0.403 e. The van der Waals surface area contributed by atoms with Crippen LogP contribution in [0.4, 0.5) is 13.2 Å². The second-order valence-corrected chi connectivity index (χ2v) is 4.84. The molecule has 0 saturated carbocycles. The molecule has 2 nitrogen and oxygen atoms in total. The third-order valence-electron chi connectivity index (χ3n) is 3.21. The molecule has 6 heteroatoms. The average molecular weight is 289 g/mol. The van der Waals surface area contributed by atoms with Crippen molar-refractivity contribution in [3.05, 3.63) is 58.8 Å². The van der Waals surface area contributed by atoms with E-state index in [9.17, 15) is 13.2 Å². The molecule has 0 heterocycles. The van der Waals surface area contributed by atoms with E-state index in [1.54, 1.807) is 0 Å². The molecule has 1 aliphatic carbocycles. The number of hydrogen-bond donors (Lipinski definition) is 2. The highest BCUT2D eigenvalue weighted by atomic mass is 35.5. The quantitative estimate of drug-likeness (QED) is 0.835. The van der Waals surface area contributed by atoms with Crippen LogP contribution in [0.1, 0.15) is 5.56 Å². The fraction of sp³-hybridized carbons (Fsp3) is 0.231. The van der Waals surface area contributed by atoms with E-state index in [0.717, 1.165) is 6.08 Å². The number of benzene rings is 1. The first-order chi connectivity index (χ1) is 8.77. The molecule has 2 rings (SSSR count). The Labute approximate surface area is 113 Å². The summed E-state index contributed by atoms with van der Waals surface area (Å²) < 4.78 is 40.7. The molecule has 0 bridgehead atoms. The van der Waals surface area contributed by atoms with Crippen molar-refractivity contribution in [3.63, 3.8) is 0 Å². The van der Waals surface area contributed by atoms with Crippen LogP contribution in [0.25, 0.3) is 0 Å². The lowest BCUT2D eigenvalue weighted by Crippen LogP contribution is -2.54. The van der Waals surface area contributed by atoms with Crippen molar-refractivity contribution < 1.29 is 13.2 Å². The van der Waals surface area contributed by atoms with Gasteiger partial charge in [-0.3, -0.25) is 0 Å². The van der Waals surface area contributed by atoms with Crippen molar-refractivity contribution in [2.45, 2.75) is 17.6 Å². The summed E-state index contributed by atoms with van der Waals surface area (Å²) in [6, 6.07) is 4.21. The van der Waals surface area contributed by atoms with Gasteiger partial charge in [0.25, 0.3) is 0 Å². The topological polar surface area (TPSA) is 52.0 Å². The number of nitrogens with two attached hydrogens (primary N) is 2. The molecule has 102 valence electrons. The molecule has 0 spiro atoms. The molecule has 1 aromatic carbocycles. The minimum Gasteiger partial charge on any atom is -0.399 e. The highest BCUT2D eigenvalue weighted by molar-refractivity contribution is 6.30. The van der Waals surface area contributed by atoms with E-state index >= 15 is 0 Å². The van der Waals surface area contributed by atoms with Gasteiger partial charge in [-0.1, -0.05) is 29.8 Å². The summed E-state index contributed by atoms with van der Waals surface area (Å²) in [6.07, 6.45) is -0.960. The average Bonchev–Trinajstić information content (AvgIpc) is 2.32. The summed E-state index contributed by atoms with van der Waals surface area (Å²) in [6.45, 7) is 0. The molecule has 0 aromatic heterocycles. The zero-order valence-corrected chi connectivity index (χ0v) is 10.5. The van der Waals surface area contributed by atoms with E-state index in [1.807, 2.05) is 0 Å². The Balaban J connectivity index is 2.66. The highest BCUT2D eigenvalue weighted by Crippen LogP contribution is 2.46. The maximum absolute atomic E-state index is 13.6. The van der Waals surface area contributed by atoms with Crippen LogP contribution in [0.2, 0.25) is 5.02 Å². The third-order valence-corrected chi connectivity index (χ3v) is 3.46. The van der Waals surface area contributed by atoms with Crippen LogP contribution in [0.5, 0.6) is 0 Å². The number of hydrogen-bond acceptors (Lipinski definition) is 2. The van der Waals surface area contributed by atoms with Crippen LogP contribution in [-0.4, -0.2) is 12.2 Å². The molecule has 0 fully saturated rings. The maximum atomic E-state index is 13.6. The number of allylic oxidation sites excluding steroid dienone is 1. The third kappa shape index (κ3) is 2.24. The minimum atomic E-state index is -4.56. The molecule has 4 N–H and O–H groups in total. The van der Waals surface area contributed by atoms with E-state index in [0.29, 0.717) is 5.02 Å². The lowest BCUT2D eigenvalue weighted by atomic mass is 9.71. The van der Waals surface area contributed by atoms with Crippen molar-refractivity contribution in [1.82, 2.24) is 0 Å². The fourth-order valence-corrected chi connectivity index (χ4v) is 2.34. The van der Waals surface area contributed by atoms with E-state index in [-0.39, 0.29) is 11.3 Å². The van der Waals surface area contributed by atoms with Crippen LogP contribution in [0.15, 0.2) is 48.2 Å². The van der Waals surface area contributed by atoms with E-state index in [4.69, 9.17) is 23.1 Å². The standard InChI is InChI=1S/C13H12ClF3N2/c14-9-3-1-8(2-4-9)12(13(15,16)17)7-10(18)5-6-11(12)19/h1-7,11H,18-19H2. The van der Waals surface area contributed by atoms with E-state index in [2.05, 4.69) is 0 Å². The van der Waals surface area contributed by atoms with Crippen molar-refractivity contribution in [2.75, 3.05) is 0 Å². The Morgan fingerprint density at radius 1 is 1.16 bits per heavy atom. The Bertz CT molecular complexity index is 534. The summed E-state index contributed by atoms with van der Waals surface area (Å²) in [7, 11) is 0. The zero-order valence-electron chi connectivity index (χ0n) is 9.79. The molecule has 2 atom stereocenters. The predicted octanol–water partition coefficient (Wildman–Crippen LogP) is 2.88. The van der Waals surface area contributed by atoms with Gasteiger partial charge in [0, 0.05) is 16.8 Å². The molecule has 1 aliphatic rings. The molecule has 0 radical (unpaired) electrons. The van der Waals surface area contributed by atoms with Crippen LogP contribution >= 0.6 is 11.6 Å². The number of alkyl halides is 3. The summed E-state index contributed by atoms with van der Waals surface area (Å²) in [5.74, 6) is 0. The molecular formula is C13H12ClF3N2. The SMILES string of the molecule is NC1=CC(c2ccc(Cl)cc2)(C(F)(F)F)C(N)C=C1. The van der Waals surface area contributed by atoms with Crippen LogP contribution in [0, 0.1) is 0 Å². The zero-order chi connectivity index (χ0) is 14.3. The predicted molar refractivity (Wildman–Crippen MR) is 68.6 cm³/mol. The second-order valence-electron chi connectivity index (χ2n) is 4.40. The Hall–Kier alpha value is -1.46. The smallest absolute Gasteiger partial charge is 0.399 e. The van der Waals surface area contributed by atoms with Gasteiger partial charge in [-0.2, -0.15) is 13.2 Å². The molecule has 19 heavy (non-hydrogen) atoms. The lowest BCUT2D eigenvalue weighted by molar-refractivity contribution is -0.179. The largest absolute Gasteiger partial charge is 0.403 e. The van der Waals surface area contributed by atoms with Crippen molar-refractivity contribution in [1.29, 1.82) is 0 Å². The van der Waals surface area contributed by atoms with Crippen LogP contribution < -0.4 is 11.5 Å². The monoisotopic (exact) mass is 288 g/mol. The molecule has 0 aliphatic heterocycles. The molecule has 1 aromatic rings. The van der Waals surface area contributed by atoms with Gasteiger partial charge in [-0.15, -0.1) is 0 Å². The van der Waals surface area contributed by atoms with Gasteiger partial charge < -0.3 is 11.5 Å². The van der Waals surface area contributed by atoms with E-state index in [1.165, 1.54) is 36.4 Å². The van der Waals surface area contributed by atoms with Crippen molar-refractivity contribution in [3.8, 4) is 0 Å². The van der Waals surface area contributed by atoms with Crippen molar-refractivity contribution >= 4 is 11.6 Å². The normalized spacial score (nSPS) is 27.2. The van der Waals surface area contributed by atoms with Gasteiger partial charge in [-0.25, -0.2) is 0 Å². The minimum absolute atomic E-state index is 0.0178. The first kappa shape index (κ1) is 14.0. The summed E-state index contributed by atoms with van der Waals surface area (Å²) in [4.78, 5) is 0. The molecule has 0 amide bonds. The first-order valence-electron chi connectivity index (χ1n) is 5.52. The van der Waals surface area contributed by atoms with Gasteiger partial charge in [0.15, 0.2) is 0 Å². The summed E-state index contributed by atoms with van der Waals surface area (Å²) in [5.41, 5.74) is 8.95. The Morgan fingerprint density at radius 3 is 2.26 bits per heavy atom. The molecule has 2 unspecified atom stereocenters. The van der Waals surface area contributed by atoms with Gasteiger partial charge in [0.1, 0.15) is 5.41 Å². The fourth-order valence-electron chi connectivity index (χ4n) is 2.21. The first-order valence-corrected chi connectivity index (χ1v) is 5.90. The van der Waals surface area contributed by atoms with Crippen LogP contribution in [0.3, 0.4) is 0 Å². The Kier molecular flexibility index (Phi) is 3.36. The molecular weight excluding hydrogens is 277 g/mol. The lowest BCUT2D eigenvalue weighted by Gasteiger charge is -2.39. The van der Waals surface area contributed by atoms with Gasteiger partial charge in [-0.05, 0) is 29.8 Å². The number of rotatable bonds is 1. The van der Waals surface area contributed by atoms with Gasteiger partial charge >= 0.3 is 6.18 Å². The van der Waals surface area contributed by atoms with Crippen LogP contribution in [-0.2, 0) is 5.41 Å². The van der Waals surface area contributed by atoms with Crippen molar-refractivity contribution in [2.24, 2.45) is 11.5 Å². The summed E-state index contributed by atoms with van der Waals surface area (Å²) in [5, 5.41) is 0.359. The van der Waals surface area contributed by atoms with E-state index < -0.39 is 17.6 Å². The summed E-state index contributed by atoms with van der Waals surface area (Å²) >= 11 is 5.71. The van der Waals surface area contributed by atoms with Gasteiger partial charge in [0.2, 0.25) is 0 Å². The molecule has 0 saturated heterocycles.